The number of imidazole rings is 2. The van der Waals surface area contributed by atoms with Gasteiger partial charge in [0, 0.05) is 26.2 Å². The van der Waals surface area contributed by atoms with Crippen molar-refractivity contribution in [1.82, 2.24) is 39.5 Å². The first-order valence-electron chi connectivity index (χ1n) is 20.5. The Bertz CT molecular complexity index is 2220. The second-order valence-corrected chi connectivity index (χ2v) is 16.6. The van der Waals surface area contributed by atoms with E-state index in [4.69, 9.17) is 19.4 Å². The van der Waals surface area contributed by atoms with Crippen LogP contribution in [0.4, 0.5) is 9.59 Å². The van der Waals surface area contributed by atoms with Crippen LogP contribution < -0.4 is 0 Å². The number of aromatic amines is 2. The van der Waals surface area contributed by atoms with E-state index < -0.39 is 24.3 Å². The number of hydrogen-bond acceptors (Lipinski definition) is 8. The summed E-state index contributed by atoms with van der Waals surface area (Å²) in [4.78, 5) is 76.4. The fourth-order valence-electron chi connectivity index (χ4n) is 9.78. The molecule has 0 spiro atoms. The minimum atomic E-state index is -0.508. The van der Waals surface area contributed by atoms with Crippen molar-refractivity contribution < 1.29 is 28.7 Å². The Labute approximate surface area is 336 Å². The molecule has 4 aliphatic heterocycles. The number of aromatic nitrogens is 4. The van der Waals surface area contributed by atoms with Gasteiger partial charge in [-0.25, -0.2) is 19.6 Å². The molecule has 4 aliphatic rings. The number of H-pyrrole nitrogens is 2. The average molecular weight is 787 g/mol. The van der Waals surface area contributed by atoms with E-state index in [1.54, 1.807) is 9.80 Å². The minimum Gasteiger partial charge on any atom is -0.453 e. The third-order valence-electron chi connectivity index (χ3n) is 12.7. The number of hydrogen-bond donors (Lipinski definition) is 2. The lowest BCUT2D eigenvalue weighted by Gasteiger charge is -2.30. The Morgan fingerprint density at radius 1 is 0.586 bits per heavy atom. The predicted octanol–water partition coefficient (Wildman–Crippen LogP) is 7.05. The van der Waals surface area contributed by atoms with Gasteiger partial charge in [-0.05, 0) is 96.9 Å². The van der Waals surface area contributed by atoms with Gasteiger partial charge >= 0.3 is 12.2 Å². The fourth-order valence-corrected chi connectivity index (χ4v) is 9.78. The summed E-state index contributed by atoms with van der Waals surface area (Å²) in [5.41, 5.74) is 7.68. The van der Waals surface area contributed by atoms with Crippen LogP contribution in [0.15, 0.2) is 60.7 Å². The van der Waals surface area contributed by atoms with Gasteiger partial charge in [-0.1, -0.05) is 50.2 Å². The van der Waals surface area contributed by atoms with Crippen molar-refractivity contribution in [3.8, 4) is 22.3 Å². The summed E-state index contributed by atoms with van der Waals surface area (Å²) in [6.07, 6.45) is 3.51. The number of nitrogens with zero attached hydrogens (tertiary/aromatic N) is 6. The van der Waals surface area contributed by atoms with Crippen molar-refractivity contribution in [3.05, 3.63) is 72.3 Å². The highest BCUT2D eigenvalue weighted by Gasteiger charge is 2.45. The lowest BCUT2D eigenvalue weighted by molar-refractivity contribution is -0.137. The van der Waals surface area contributed by atoms with E-state index in [0.717, 1.165) is 81.7 Å². The maximum Gasteiger partial charge on any atom is 0.410 e. The largest absolute Gasteiger partial charge is 0.453 e. The number of amides is 4. The highest BCUT2D eigenvalue weighted by atomic mass is 16.5. The van der Waals surface area contributed by atoms with Gasteiger partial charge in [0.2, 0.25) is 11.8 Å². The Morgan fingerprint density at radius 2 is 0.983 bits per heavy atom. The first-order valence-corrected chi connectivity index (χ1v) is 20.5. The highest BCUT2D eigenvalue weighted by Crippen LogP contribution is 2.39. The molecular weight excluding hydrogens is 737 g/mol. The molecule has 0 saturated carbocycles. The van der Waals surface area contributed by atoms with Gasteiger partial charge in [-0.3, -0.25) is 19.4 Å². The number of nitrogens with one attached hydrogen (secondary N) is 2. The molecular formula is C44H50N8O6. The van der Waals surface area contributed by atoms with E-state index in [9.17, 15) is 19.2 Å². The molecule has 58 heavy (non-hydrogen) atoms. The highest BCUT2D eigenvalue weighted by molar-refractivity contribution is 5.89. The van der Waals surface area contributed by atoms with Crippen molar-refractivity contribution in [3.63, 3.8) is 0 Å². The summed E-state index contributed by atoms with van der Waals surface area (Å²) in [6, 6.07) is 19.5. The lowest BCUT2D eigenvalue weighted by Crippen LogP contribution is -2.47. The van der Waals surface area contributed by atoms with Crippen molar-refractivity contribution in [2.24, 2.45) is 11.8 Å². The van der Waals surface area contributed by atoms with Crippen LogP contribution in [0.2, 0.25) is 0 Å². The molecule has 4 fully saturated rings. The van der Waals surface area contributed by atoms with Gasteiger partial charge in [-0.2, -0.15) is 0 Å². The molecule has 14 heteroatoms. The number of fused-ring (bicyclic) bond motifs is 2. The summed E-state index contributed by atoms with van der Waals surface area (Å²) < 4.78 is 9.93. The van der Waals surface area contributed by atoms with E-state index in [-0.39, 0.29) is 23.9 Å². The molecule has 2 aromatic heterocycles. The van der Waals surface area contributed by atoms with Gasteiger partial charge in [-0.15, -0.1) is 0 Å². The smallest absolute Gasteiger partial charge is 0.410 e. The van der Waals surface area contributed by atoms with E-state index >= 15 is 0 Å². The number of likely N-dealkylation sites (tertiary alicyclic amines) is 4. The lowest BCUT2D eigenvalue weighted by atomic mass is 10.00. The molecule has 3 aromatic carbocycles. The third-order valence-corrected chi connectivity index (χ3v) is 12.7. The zero-order chi connectivity index (χ0) is 40.2. The van der Waals surface area contributed by atoms with E-state index in [1.807, 2.05) is 21.9 Å². The summed E-state index contributed by atoms with van der Waals surface area (Å²) in [7, 11) is 2.71. The van der Waals surface area contributed by atoms with E-state index in [0.29, 0.717) is 50.9 Å². The second kappa shape index (κ2) is 15.1. The van der Waals surface area contributed by atoms with Crippen LogP contribution in [-0.2, 0) is 19.1 Å². The molecule has 5 aromatic rings. The van der Waals surface area contributed by atoms with Crippen LogP contribution in [0.1, 0.15) is 76.1 Å². The third kappa shape index (κ3) is 6.71. The van der Waals surface area contributed by atoms with E-state index in [1.165, 1.54) is 14.2 Å². The zero-order valence-corrected chi connectivity index (χ0v) is 33.4. The quantitative estimate of drug-likeness (QED) is 0.185. The van der Waals surface area contributed by atoms with Crippen molar-refractivity contribution in [2.75, 3.05) is 40.4 Å². The van der Waals surface area contributed by atoms with Gasteiger partial charge < -0.3 is 29.2 Å². The molecule has 0 radical (unpaired) electrons. The molecule has 9 rings (SSSR count). The minimum absolute atomic E-state index is 0.0404. The number of ether oxygens (including phenoxy) is 2. The van der Waals surface area contributed by atoms with Crippen LogP contribution >= 0.6 is 0 Å². The number of methoxy groups -OCH3 is 2. The Kier molecular flexibility index (Phi) is 9.81. The van der Waals surface area contributed by atoms with Gasteiger partial charge in [0.1, 0.15) is 23.7 Å². The van der Waals surface area contributed by atoms with Crippen molar-refractivity contribution in [1.29, 1.82) is 0 Å². The first kappa shape index (κ1) is 37.6. The summed E-state index contributed by atoms with van der Waals surface area (Å²) in [5.74, 6) is 2.06. The second-order valence-electron chi connectivity index (χ2n) is 16.6. The standard InChI is InChI=1S/C44H50N8O6/c1-25-19-37(51(23-25)41(53)35-7-5-17-49(35)43(55)57-3)39-45-31-15-13-29(21-33(31)47-39)27-9-11-28(12-10-27)30-14-16-32-34(22-30)48-40(46-32)38-20-26(2)24-52(38)42(54)36-8-6-18-50(36)44(56)58-4/h9-16,21-22,25-26,35-38H,5-8,17-20,23-24H2,1-4H3,(H,45,47)(H,46,48)/t25-,26-,35-,36-,37-,38-/m0/s1. The predicted molar refractivity (Wildman–Crippen MR) is 217 cm³/mol. The maximum atomic E-state index is 13.8. The Morgan fingerprint density at radius 3 is 1.38 bits per heavy atom. The zero-order valence-electron chi connectivity index (χ0n) is 33.4. The van der Waals surface area contributed by atoms with Crippen LogP contribution in [0, 0.1) is 11.8 Å². The van der Waals surface area contributed by atoms with Crippen LogP contribution in [-0.4, -0.2) is 116 Å². The Balaban J connectivity index is 0.913. The van der Waals surface area contributed by atoms with Gasteiger partial charge in [0.25, 0.3) is 0 Å². The number of rotatable bonds is 6. The monoisotopic (exact) mass is 786 g/mol. The molecule has 2 N–H and O–H groups in total. The molecule has 302 valence electrons. The molecule has 14 nitrogen and oxygen atoms in total. The maximum absolute atomic E-state index is 13.8. The first-order chi connectivity index (χ1) is 28.1. The van der Waals surface area contributed by atoms with Crippen molar-refractivity contribution in [2.45, 2.75) is 76.5 Å². The molecule has 0 aliphatic carbocycles. The molecule has 6 heterocycles. The fraction of sp³-hybridized carbons (Fsp3) is 0.455. The topological polar surface area (TPSA) is 157 Å². The molecule has 4 saturated heterocycles. The van der Waals surface area contributed by atoms with Crippen LogP contribution in [0.3, 0.4) is 0 Å². The molecule has 0 unspecified atom stereocenters. The summed E-state index contributed by atoms with van der Waals surface area (Å²) >= 11 is 0. The number of carbonyl (C=O) groups excluding carboxylic acids is 4. The van der Waals surface area contributed by atoms with Crippen molar-refractivity contribution >= 4 is 46.1 Å². The normalized spacial score (nSPS) is 24.7. The SMILES string of the molecule is COC(=O)N1CCC[C@H]1C(=O)N1C[C@@H](C)C[C@H]1c1nc2cc(-c3ccc(-c4ccc5[nH]c([C@@H]6C[C@H](C)CN6C(=O)[C@@H]6CCCN6C(=O)OC)nc5c4)cc3)ccc2[nH]1. The number of benzene rings is 3. The molecule has 0 bridgehead atoms. The molecule has 6 atom stereocenters. The van der Waals surface area contributed by atoms with Gasteiger partial charge in [0.15, 0.2) is 0 Å². The van der Waals surface area contributed by atoms with E-state index in [2.05, 4.69) is 72.3 Å². The summed E-state index contributed by atoms with van der Waals surface area (Å²) in [5, 5.41) is 0. The molecule has 4 amide bonds. The average Bonchev–Trinajstić information content (AvgIpc) is 4.10. The number of carbonyl (C=O) groups is 4. The summed E-state index contributed by atoms with van der Waals surface area (Å²) in [6.45, 7) is 6.59. The Hall–Kier alpha value is -5.92. The van der Waals surface area contributed by atoms with Gasteiger partial charge in [0.05, 0.1) is 48.4 Å². The van der Waals surface area contributed by atoms with Crippen LogP contribution in [0.25, 0.3) is 44.3 Å². The van der Waals surface area contributed by atoms with Crippen LogP contribution in [0.5, 0.6) is 0 Å².